The molecule has 0 fully saturated rings. The van der Waals surface area contributed by atoms with E-state index >= 15 is 0 Å². The molecule has 0 amide bonds. The first kappa shape index (κ1) is 22.0. The number of esters is 2. The van der Waals surface area contributed by atoms with Crippen molar-refractivity contribution in [2.24, 2.45) is 5.92 Å². The van der Waals surface area contributed by atoms with Crippen LogP contribution in [0.5, 0.6) is 5.75 Å². The fraction of sp³-hybridized carbons (Fsp3) is 0.333. The molecule has 30 heavy (non-hydrogen) atoms. The summed E-state index contributed by atoms with van der Waals surface area (Å²) < 4.78 is 29.7. The molecule has 0 aliphatic carbocycles. The van der Waals surface area contributed by atoms with Crippen molar-refractivity contribution in [1.82, 2.24) is 0 Å². The summed E-state index contributed by atoms with van der Waals surface area (Å²) in [7, 11) is -3.58. The normalized spacial score (nSPS) is 17.8. The van der Waals surface area contributed by atoms with E-state index in [9.17, 15) is 14.2 Å². The van der Waals surface area contributed by atoms with Gasteiger partial charge >= 0.3 is 11.9 Å². The molecule has 0 spiro atoms. The molecule has 9 heteroatoms. The number of para-hydroxylation sites is 1. The third kappa shape index (κ3) is 4.90. The first-order valence-electron chi connectivity index (χ1n) is 9.50. The van der Waals surface area contributed by atoms with Gasteiger partial charge in [-0.05, 0) is 17.7 Å². The monoisotopic (exact) mass is 434 g/mol. The third-order valence-electron chi connectivity index (χ3n) is 4.59. The number of carbonyl (C=O) groups is 2. The minimum atomic E-state index is -3.58. The summed E-state index contributed by atoms with van der Waals surface area (Å²) in [6, 6.07) is 14.2. The first-order valence-corrected chi connectivity index (χ1v) is 11.3. The van der Waals surface area contributed by atoms with E-state index in [1.807, 2.05) is 24.3 Å². The summed E-state index contributed by atoms with van der Waals surface area (Å²) >= 11 is 0. The van der Waals surface area contributed by atoms with Gasteiger partial charge in [0, 0.05) is 5.56 Å². The minimum Gasteiger partial charge on any atom is -0.463 e. The number of ether oxygens (including phenoxy) is 2. The zero-order valence-electron chi connectivity index (χ0n) is 16.2. The van der Waals surface area contributed by atoms with Crippen LogP contribution in [-0.4, -0.2) is 54.7 Å². The Kier molecular flexibility index (Phi) is 7.26. The van der Waals surface area contributed by atoms with Gasteiger partial charge in [0.05, 0.1) is 37.0 Å². The van der Waals surface area contributed by atoms with Crippen LogP contribution in [0.25, 0.3) is 11.1 Å². The van der Waals surface area contributed by atoms with E-state index in [1.165, 1.54) is 0 Å². The maximum atomic E-state index is 13.9. The highest BCUT2D eigenvalue weighted by Gasteiger charge is 2.41. The van der Waals surface area contributed by atoms with Crippen molar-refractivity contribution in [1.29, 1.82) is 0 Å². The molecule has 0 aromatic heterocycles. The molecule has 0 bridgehead atoms. The van der Waals surface area contributed by atoms with Gasteiger partial charge in [-0.2, -0.15) is 0 Å². The van der Waals surface area contributed by atoms with Gasteiger partial charge in [0.1, 0.15) is 19.0 Å². The SMILES string of the molecule is O=C(C[C@@H](C[P@]1(=O)Oc2ccccc2-c2ccccc21)C(=O)OCCO)OCCO. The molecule has 1 aliphatic rings. The van der Waals surface area contributed by atoms with E-state index < -0.39 is 25.2 Å². The van der Waals surface area contributed by atoms with E-state index in [1.54, 1.807) is 24.3 Å². The van der Waals surface area contributed by atoms with Crippen molar-refractivity contribution in [2.75, 3.05) is 32.6 Å². The number of fused-ring (bicyclic) bond motifs is 3. The lowest BCUT2D eigenvalue weighted by molar-refractivity contribution is -0.155. The minimum absolute atomic E-state index is 0.207. The summed E-state index contributed by atoms with van der Waals surface area (Å²) in [5.41, 5.74) is 1.54. The summed E-state index contributed by atoms with van der Waals surface area (Å²) in [6.45, 7) is -1.18. The van der Waals surface area contributed by atoms with Crippen LogP contribution in [0.4, 0.5) is 0 Å². The number of hydrogen-bond acceptors (Lipinski definition) is 8. The Morgan fingerprint density at radius 3 is 2.30 bits per heavy atom. The van der Waals surface area contributed by atoms with Crippen LogP contribution in [0.15, 0.2) is 48.5 Å². The van der Waals surface area contributed by atoms with Crippen LogP contribution in [0.2, 0.25) is 0 Å². The average Bonchev–Trinajstić information content (AvgIpc) is 2.75. The van der Waals surface area contributed by atoms with Gasteiger partial charge < -0.3 is 24.2 Å². The number of carbonyl (C=O) groups excluding carboxylic acids is 2. The molecular weight excluding hydrogens is 411 g/mol. The van der Waals surface area contributed by atoms with E-state index in [0.29, 0.717) is 11.1 Å². The predicted octanol–water partition coefficient (Wildman–Crippen LogP) is 1.73. The van der Waals surface area contributed by atoms with E-state index in [-0.39, 0.29) is 39.0 Å². The zero-order chi connectivity index (χ0) is 21.6. The Labute approximate surface area is 173 Å². The summed E-state index contributed by atoms with van der Waals surface area (Å²) in [4.78, 5) is 24.6. The molecule has 0 saturated heterocycles. The predicted molar refractivity (Wildman–Crippen MR) is 109 cm³/mol. The zero-order valence-corrected chi connectivity index (χ0v) is 17.1. The third-order valence-corrected chi connectivity index (χ3v) is 7.13. The van der Waals surface area contributed by atoms with Gasteiger partial charge in [0.2, 0.25) is 0 Å². The average molecular weight is 434 g/mol. The quantitative estimate of drug-likeness (QED) is 0.452. The standard InChI is InChI=1S/C21H23O8P/c22-9-11-27-20(24)13-15(21(25)28-12-10-23)14-30(26)19-8-4-2-6-17(19)16-5-1-3-7-18(16)29-30/h1-8,15,22-23H,9-14H2/t15-,30-/m0/s1. The lowest BCUT2D eigenvalue weighted by Crippen LogP contribution is -2.30. The fourth-order valence-electron chi connectivity index (χ4n) is 3.31. The second-order valence-electron chi connectivity index (χ2n) is 6.70. The number of rotatable bonds is 9. The maximum Gasteiger partial charge on any atom is 0.310 e. The molecule has 3 rings (SSSR count). The molecule has 2 N–H and O–H groups in total. The van der Waals surface area contributed by atoms with Crippen LogP contribution in [0.3, 0.4) is 0 Å². The molecule has 0 radical (unpaired) electrons. The van der Waals surface area contributed by atoms with Crippen molar-refractivity contribution >= 4 is 24.6 Å². The topological polar surface area (TPSA) is 119 Å². The van der Waals surface area contributed by atoms with Gasteiger partial charge in [-0.25, -0.2) is 0 Å². The Morgan fingerprint density at radius 1 is 0.933 bits per heavy atom. The van der Waals surface area contributed by atoms with Crippen molar-refractivity contribution in [3.8, 4) is 16.9 Å². The molecule has 0 unspecified atom stereocenters. The summed E-state index contributed by atoms with van der Waals surface area (Å²) in [6.07, 6.45) is -0.655. The van der Waals surface area contributed by atoms with Crippen LogP contribution in [-0.2, 0) is 23.6 Å². The van der Waals surface area contributed by atoms with Gasteiger partial charge in [0.25, 0.3) is 7.37 Å². The highest BCUT2D eigenvalue weighted by Crippen LogP contribution is 2.55. The Bertz CT molecular complexity index is 958. The van der Waals surface area contributed by atoms with Gasteiger partial charge in [-0.15, -0.1) is 0 Å². The number of aliphatic hydroxyl groups is 2. The Morgan fingerprint density at radius 2 is 1.57 bits per heavy atom. The first-order chi connectivity index (χ1) is 14.5. The van der Waals surface area contributed by atoms with Crippen LogP contribution in [0.1, 0.15) is 6.42 Å². The summed E-state index contributed by atoms with van der Waals surface area (Å²) in [5.74, 6) is -2.18. The largest absolute Gasteiger partial charge is 0.463 e. The van der Waals surface area contributed by atoms with Crippen LogP contribution < -0.4 is 9.83 Å². The molecule has 0 saturated carbocycles. The van der Waals surface area contributed by atoms with Crippen LogP contribution >= 0.6 is 7.37 Å². The smallest absolute Gasteiger partial charge is 0.310 e. The molecule has 160 valence electrons. The van der Waals surface area contributed by atoms with Crippen molar-refractivity contribution < 1.29 is 38.4 Å². The molecule has 1 aliphatic heterocycles. The second kappa shape index (κ2) is 9.89. The number of hydrogen-bond donors (Lipinski definition) is 2. The maximum absolute atomic E-state index is 13.9. The van der Waals surface area contributed by atoms with Gasteiger partial charge in [-0.1, -0.05) is 36.4 Å². The highest BCUT2D eigenvalue weighted by atomic mass is 31.2. The van der Waals surface area contributed by atoms with E-state index in [4.69, 9.17) is 24.2 Å². The Hall–Kier alpha value is -2.67. The Balaban J connectivity index is 1.91. The van der Waals surface area contributed by atoms with E-state index in [0.717, 1.165) is 11.1 Å². The second-order valence-corrected chi connectivity index (χ2v) is 9.07. The molecule has 1 heterocycles. The van der Waals surface area contributed by atoms with Gasteiger partial charge in [-0.3, -0.25) is 14.2 Å². The van der Waals surface area contributed by atoms with E-state index in [2.05, 4.69) is 0 Å². The van der Waals surface area contributed by atoms with Crippen LogP contribution in [0, 0.1) is 5.92 Å². The molecular formula is C21H23O8P. The molecule has 2 aromatic carbocycles. The summed E-state index contributed by atoms with van der Waals surface area (Å²) in [5, 5.41) is 18.2. The molecule has 2 atom stereocenters. The number of benzene rings is 2. The molecule has 8 nitrogen and oxygen atoms in total. The lowest BCUT2D eigenvalue weighted by Gasteiger charge is -2.30. The number of aliphatic hydroxyl groups excluding tert-OH is 2. The fourth-order valence-corrected chi connectivity index (χ4v) is 5.89. The van der Waals surface area contributed by atoms with Crippen molar-refractivity contribution in [3.05, 3.63) is 48.5 Å². The van der Waals surface area contributed by atoms with Crippen molar-refractivity contribution in [3.63, 3.8) is 0 Å². The molecule has 2 aromatic rings. The lowest BCUT2D eigenvalue weighted by atomic mass is 10.0. The van der Waals surface area contributed by atoms with Crippen molar-refractivity contribution in [2.45, 2.75) is 6.42 Å². The van der Waals surface area contributed by atoms with Gasteiger partial charge in [0.15, 0.2) is 0 Å². The highest BCUT2D eigenvalue weighted by molar-refractivity contribution is 7.67.